The Morgan fingerprint density at radius 2 is 2.22 bits per heavy atom. The van der Waals surface area contributed by atoms with E-state index in [9.17, 15) is 5.11 Å². The van der Waals surface area contributed by atoms with E-state index in [-0.39, 0.29) is 0 Å². The van der Waals surface area contributed by atoms with Crippen LogP contribution in [0.2, 0.25) is 0 Å². The van der Waals surface area contributed by atoms with Gasteiger partial charge in [0.15, 0.2) is 0 Å². The van der Waals surface area contributed by atoms with Crippen LogP contribution in [0.4, 0.5) is 0 Å². The van der Waals surface area contributed by atoms with Crippen LogP contribution in [-0.2, 0) is 20.0 Å². The van der Waals surface area contributed by atoms with E-state index in [1.54, 1.807) is 6.92 Å². The summed E-state index contributed by atoms with van der Waals surface area (Å²) in [4.78, 5) is 0. The zero-order chi connectivity index (χ0) is 13.3. The summed E-state index contributed by atoms with van der Waals surface area (Å²) in [6, 6.07) is 3.89. The minimum absolute atomic E-state index is 0.461. The Morgan fingerprint density at radius 1 is 1.50 bits per heavy atom. The van der Waals surface area contributed by atoms with E-state index in [2.05, 4.69) is 28.0 Å². The van der Waals surface area contributed by atoms with Crippen LogP contribution in [0.15, 0.2) is 22.8 Å². The first-order valence-electron chi connectivity index (χ1n) is 6.08. The molecule has 0 radical (unpaired) electrons. The monoisotopic (exact) mass is 311 g/mol. The second-order valence-corrected chi connectivity index (χ2v) is 5.21. The summed E-state index contributed by atoms with van der Waals surface area (Å²) in [6.07, 6.45) is 2.42. The third-order valence-corrected chi connectivity index (χ3v) is 4.03. The molecule has 5 heteroatoms. The fourth-order valence-electron chi connectivity index (χ4n) is 2.10. The summed E-state index contributed by atoms with van der Waals surface area (Å²) in [5.74, 6) is 0. The quantitative estimate of drug-likeness (QED) is 0.943. The largest absolute Gasteiger partial charge is 0.387 e. The van der Waals surface area contributed by atoms with Crippen molar-refractivity contribution in [3.8, 4) is 0 Å². The molecule has 1 unspecified atom stereocenters. The molecule has 18 heavy (non-hydrogen) atoms. The van der Waals surface area contributed by atoms with Crippen molar-refractivity contribution >= 4 is 15.9 Å². The molecule has 0 fully saturated rings. The van der Waals surface area contributed by atoms with Gasteiger partial charge in [0.1, 0.15) is 0 Å². The highest BCUT2D eigenvalue weighted by Gasteiger charge is 2.14. The van der Waals surface area contributed by atoms with Crippen molar-refractivity contribution in [3.63, 3.8) is 0 Å². The molecule has 98 valence electrons. The van der Waals surface area contributed by atoms with Crippen molar-refractivity contribution in [2.24, 2.45) is 7.05 Å². The summed E-state index contributed by atoms with van der Waals surface area (Å²) in [5, 5.41) is 14.2. The molecule has 2 rings (SSSR count). The molecule has 0 saturated carbocycles. The average molecular weight is 312 g/mol. The maximum absolute atomic E-state index is 9.71. The van der Waals surface area contributed by atoms with E-state index in [4.69, 9.17) is 0 Å². The highest BCUT2D eigenvalue weighted by Crippen LogP contribution is 2.24. The highest BCUT2D eigenvalue weighted by atomic mass is 79.9. The van der Waals surface area contributed by atoms with E-state index in [1.807, 2.05) is 34.6 Å². The predicted octanol–water partition coefficient (Wildman–Crippen LogP) is 2.65. The first kappa shape index (κ1) is 13.4. The number of nitrogens with zero attached hydrogens (tertiary/aromatic N) is 3. The van der Waals surface area contributed by atoms with Crippen LogP contribution >= 0.6 is 15.9 Å². The molecule has 0 aliphatic heterocycles. The SMILES string of the molecule is CCc1nn(C)c(Cn2cccc2C(C)O)c1Br. The van der Waals surface area contributed by atoms with Gasteiger partial charge in [-0.1, -0.05) is 6.92 Å². The van der Waals surface area contributed by atoms with Gasteiger partial charge in [0.2, 0.25) is 0 Å². The minimum Gasteiger partial charge on any atom is -0.387 e. The van der Waals surface area contributed by atoms with Crippen molar-refractivity contribution in [2.75, 3.05) is 0 Å². The van der Waals surface area contributed by atoms with E-state index < -0.39 is 6.10 Å². The Balaban J connectivity index is 2.34. The lowest BCUT2D eigenvalue weighted by Crippen LogP contribution is -2.09. The smallest absolute Gasteiger partial charge is 0.0911 e. The Hall–Kier alpha value is -1.07. The molecule has 0 aromatic carbocycles. The molecule has 4 nitrogen and oxygen atoms in total. The lowest BCUT2D eigenvalue weighted by atomic mass is 10.2. The lowest BCUT2D eigenvalue weighted by molar-refractivity contribution is 0.189. The molecule has 0 saturated heterocycles. The van der Waals surface area contributed by atoms with Gasteiger partial charge in [-0.3, -0.25) is 4.68 Å². The Bertz CT molecular complexity index is 542. The van der Waals surface area contributed by atoms with Crippen LogP contribution in [0.5, 0.6) is 0 Å². The maximum Gasteiger partial charge on any atom is 0.0911 e. The van der Waals surface area contributed by atoms with Crippen LogP contribution in [0.25, 0.3) is 0 Å². The summed E-state index contributed by atoms with van der Waals surface area (Å²) < 4.78 is 5.01. The fraction of sp³-hybridized carbons (Fsp3) is 0.462. The maximum atomic E-state index is 9.71. The van der Waals surface area contributed by atoms with Crippen LogP contribution in [0.1, 0.15) is 37.0 Å². The Morgan fingerprint density at radius 3 is 2.78 bits per heavy atom. The molecule has 2 aromatic heterocycles. The van der Waals surface area contributed by atoms with Gasteiger partial charge < -0.3 is 9.67 Å². The van der Waals surface area contributed by atoms with Gasteiger partial charge >= 0.3 is 0 Å². The van der Waals surface area contributed by atoms with E-state index >= 15 is 0 Å². The molecular formula is C13H18BrN3O. The van der Waals surface area contributed by atoms with E-state index in [0.717, 1.165) is 28.0 Å². The van der Waals surface area contributed by atoms with Crippen LogP contribution in [0, 0.1) is 0 Å². The average Bonchev–Trinajstić information content (AvgIpc) is 2.88. The van der Waals surface area contributed by atoms with Crippen molar-refractivity contribution < 1.29 is 5.11 Å². The zero-order valence-corrected chi connectivity index (χ0v) is 12.5. The zero-order valence-electron chi connectivity index (χ0n) is 10.9. The molecule has 1 atom stereocenters. The molecule has 0 spiro atoms. The summed E-state index contributed by atoms with van der Waals surface area (Å²) in [7, 11) is 1.95. The lowest BCUT2D eigenvalue weighted by Gasteiger charge is -2.11. The first-order valence-corrected chi connectivity index (χ1v) is 6.87. The van der Waals surface area contributed by atoms with Gasteiger partial charge in [-0.25, -0.2) is 0 Å². The van der Waals surface area contributed by atoms with Crippen LogP contribution in [-0.4, -0.2) is 19.5 Å². The van der Waals surface area contributed by atoms with Gasteiger partial charge in [-0.15, -0.1) is 0 Å². The number of rotatable bonds is 4. The number of aromatic nitrogens is 3. The van der Waals surface area contributed by atoms with Gasteiger partial charge in [0, 0.05) is 18.9 Å². The summed E-state index contributed by atoms with van der Waals surface area (Å²) in [5.41, 5.74) is 3.10. The number of halogens is 1. The third-order valence-electron chi connectivity index (χ3n) is 3.12. The summed E-state index contributed by atoms with van der Waals surface area (Å²) in [6.45, 7) is 4.58. The molecular weight excluding hydrogens is 294 g/mol. The fourth-order valence-corrected chi connectivity index (χ4v) is 2.85. The number of aliphatic hydroxyl groups excluding tert-OH is 1. The van der Waals surface area contributed by atoms with Crippen LogP contribution < -0.4 is 0 Å². The molecule has 1 N–H and O–H groups in total. The van der Waals surface area contributed by atoms with Gasteiger partial charge in [-0.05, 0) is 41.4 Å². The van der Waals surface area contributed by atoms with Crippen molar-refractivity contribution in [1.82, 2.24) is 14.3 Å². The molecule has 0 aliphatic carbocycles. The minimum atomic E-state index is -0.461. The Labute approximate surface area is 115 Å². The number of hydrogen-bond acceptors (Lipinski definition) is 2. The van der Waals surface area contributed by atoms with Crippen molar-refractivity contribution in [3.05, 3.63) is 39.9 Å². The number of aryl methyl sites for hydroxylation is 2. The highest BCUT2D eigenvalue weighted by molar-refractivity contribution is 9.10. The molecule has 2 heterocycles. The molecule has 0 bridgehead atoms. The number of aliphatic hydroxyl groups is 1. The van der Waals surface area contributed by atoms with E-state index in [1.165, 1.54) is 0 Å². The van der Waals surface area contributed by atoms with Gasteiger partial charge in [0.05, 0.1) is 28.5 Å². The standard InChI is InChI=1S/C13H18BrN3O/c1-4-10-13(14)12(16(3)15-10)8-17-7-5-6-11(17)9(2)18/h5-7,9,18H,4,8H2,1-3H3. The molecule has 0 aliphatic rings. The second-order valence-electron chi connectivity index (χ2n) is 4.42. The first-order chi connectivity index (χ1) is 8.54. The topological polar surface area (TPSA) is 43.0 Å². The predicted molar refractivity (Wildman–Crippen MR) is 74.5 cm³/mol. The summed E-state index contributed by atoms with van der Waals surface area (Å²) >= 11 is 3.61. The van der Waals surface area contributed by atoms with Crippen LogP contribution in [0.3, 0.4) is 0 Å². The second kappa shape index (κ2) is 5.28. The third kappa shape index (κ3) is 2.37. The van der Waals surface area contributed by atoms with Gasteiger partial charge in [0.25, 0.3) is 0 Å². The van der Waals surface area contributed by atoms with Crippen molar-refractivity contribution in [2.45, 2.75) is 32.9 Å². The molecule has 0 amide bonds. The normalized spacial score (nSPS) is 12.9. The van der Waals surface area contributed by atoms with Gasteiger partial charge in [-0.2, -0.15) is 5.10 Å². The molecule has 2 aromatic rings. The van der Waals surface area contributed by atoms with Crippen molar-refractivity contribution in [1.29, 1.82) is 0 Å². The number of hydrogen-bond donors (Lipinski definition) is 1. The Kier molecular flexibility index (Phi) is 3.92. The van der Waals surface area contributed by atoms with E-state index in [0.29, 0.717) is 6.54 Å².